The van der Waals surface area contributed by atoms with E-state index in [1.165, 1.54) is 25.7 Å². The molecule has 2 aliphatic heterocycles. The molecule has 2 saturated heterocycles. The summed E-state index contributed by atoms with van der Waals surface area (Å²) in [6, 6.07) is 10.2. The average Bonchev–Trinajstić information content (AvgIpc) is 3.55. The van der Waals surface area contributed by atoms with E-state index in [2.05, 4.69) is 52.8 Å². The van der Waals surface area contributed by atoms with E-state index in [0.717, 1.165) is 48.1 Å². The second-order valence-electron chi connectivity index (χ2n) is 11.0. The van der Waals surface area contributed by atoms with Crippen molar-refractivity contribution < 1.29 is 9.53 Å². The molecule has 1 saturated carbocycles. The molecule has 1 spiro atoms. The van der Waals surface area contributed by atoms with Crippen molar-refractivity contribution in [3.63, 3.8) is 0 Å². The van der Waals surface area contributed by atoms with E-state index in [4.69, 9.17) is 4.74 Å². The smallest absolute Gasteiger partial charge is 0.258 e. The highest BCUT2D eigenvalue weighted by atomic mass is 32.2. The number of amides is 1. The number of benzene rings is 1. The Labute approximate surface area is 207 Å². The number of carbonyl (C=O) groups excluding carboxylic acids is 1. The highest BCUT2D eigenvalue weighted by molar-refractivity contribution is 7.97. The molecule has 1 aromatic carbocycles. The molecule has 0 unspecified atom stereocenters. The Bertz CT molecular complexity index is 1070. The first-order valence-electron chi connectivity index (χ1n) is 12.5. The van der Waals surface area contributed by atoms with Gasteiger partial charge in [-0.1, -0.05) is 13.8 Å². The molecule has 1 amide bonds. The minimum absolute atomic E-state index is 0.00924. The van der Waals surface area contributed by atoms with E-state index in [0.29, 0.717) is 22.7 Å². The van der Waals surface area contributed by atoms with Gasteiger partial charge in [-0.25, -0.2) is 9.71 Å². The molecule has 3 aliphatic rings. The molecule has 0 radical (unpaired) electrons. The van der Waals surface area contributed by atoms with Crippen molar-refractivity contribution in [2.24, 2.45) is 5.41 Å². The zero-order chi connectivity index (χ0) is 23.9. The number of nitrogens with one attached hydrogen (secondary N) is 2. The molecule has 1 aromatic heterocycles. The van der Waals surface area contributed by atoms with Crippen LogP contribution in [0.5, 0.6) is 0 Å². The normalized spacial score (nSPS) is 20.3. The van der Waals surface area contributed by atoms with Crippen LogP contribution >= 0.6 is 11.9 Å². The van der Waals surface area contributed by atoms with Gasteiger partial charge in [-0.3, -0.25) is 4.79 Å². The van der Waals surface area contributed by atoms with Crippen LogP contribution in [0.15, 0.2) is 35.2 Å². The fraction of sp³-hybridized carbons (Fsp3) is 0.556. The third-order valence-corrected chi connectivity index (χ3v) is 8.50. The fourth-order valence-corrected chi connectivity index (χ4v) is 5.60. The van der Waals surface area contributed by atoms with Gasteiger partial charge >= 0.3 is 0 Å². The molecule has 182 valence electrons. The second kappa shape index (κ2) is 9.17. The van der Waals surface area contributed by atoms with Crippen molar-refractivity contribution >= 4 is 29.4 Å². The molecule has 0 bridgehead atoms. The SMILES string of the molecule is Cc1cc(NC(=O)c2ccc(SNC3(C)COC3)cc2N2CCC3(CC2)CC3)nc(C(C)C)c1. The Balaban J connectivity index is 1.38. The van der Waals surface area contributed by atoms with Crippen LogP contribution in [0.25, 0.3) is 0 Å². The summed E-state index contributed by atoms with van der Waals surface area (Å²) >= 11 is 1.62. The summed E-state index contributed by atoms with van der Waals surface area (Å²) in [6.07, 6.45) is 5.17. The standard InChI is InChI=1S/C27H36N4O2S/c1-18(2)22-13-19(3)14-24(28-22)29-25(32)21-6-5-20(34-30-26(4)16-33-17-26)15-23(21)31-11-9-27(7-8-27)10-12-31/h5-6,13-15,18,30H,7-12,16-17H2,1-4H3,(H,28,29,32). The summed E-state index contributed by atoms with van der Waals surface area (Å²) in [5.41, 5.74) is 4.42. The van der Waals surface area contributed by atoms with Crippen LogP contribution < -0.4 is 14.9 Å². The summed E-state index contributed by atoms with van der Waals surface area (Å²) in [6.45, 7) is 11.9. The van der Waals surface area contributed by atoms with E-state index < -0.39 is 0 Å². The average molecular weight is 481 g/mol. The molecule has 2 N–H and O–H groups in total. The van der Waals surface area contributed by atoms with Gasteiger partial charge in [-0.05, 0) is 98.7 Å². The van der Waals surface area contributed by atoms with Crippen LogP contribution in [0.3, 0.4) is 0 Å². The number of hydrogen-bond donors (Lipinski definition) is 2. The first kappa shape index (κ1) is 23.6. The van der Waals surface area contributed by atoms with Gasteiger partial charge in [0, 0.05) is 23.7 Å². The number of ether oxygens (including phenoxy) is 1. The lowest BCUT2D eigenvalue weighted by Gasteiger charge is -2.38. The molecule has 2 aromatic rings. The summed E-state index contributed by atoms with van der Waals surface area (Å²) in [5, 5.41) is 3.08. The van der Waals surface area contributed by atoms with Crippen molar-refractivity contribution in [1.82, 2.24) is 9.71 Å². The Morgan fingerprint density at radius 3 is 2.47 bits per heavy atom. The quantitative estimate of drug-likeness (QED) is 0.508. The largest absolute Gasteiger partial charge is 0.377 e. The van der Waals surface area contributed by atoms with Crippen molar-refractivity contribution in [3.8, 4) is 0 Å². The fourth-order valence-electron chi connectivity index (χ4n) is 4.81. The van der Waals surface area contributed by atoms with Gasteiger partial charge in [-0.15, -0.1) is 0 Å². The molecule has 6 nitrogen and oxygen atoms in total. The van der Waals surface area contributed by atoms with Gasteiger partial charge in [0.2, 0.25) is 0 Å². The number of piperidine rings is 1. The second-order valence-corrected chi connectivity index (χ2v) is 11.9. The minimum atomic E-state index is -0.0987. The molecular weight excluding hydrogens is 444 g/mol. The van der Waals surface area contributed by atoms with E-state index in [-0.39, 0.29) is 11.4 Å². The minimum Gasteiger partial charge on any atom is -0.377 e. The molecule has 34 heavy (non-hydrogen) atoms. The maximum absolute atomic E-state index is 13.5. The van der Waals surface area contributed by atoms with Crippen LogP contribution in [-0.2, 0) is 4.74 Å². The van der Waals surface area contributed by atoms with E-state index in [1.807, 2.05) is 25.1 Å². The number of nitrogens with zero attached hydrogens (tertiary/aromatic N) is 2. The number of anilines is 2. The molecule has 0 atom stereocenters. The Kier molecular flexibility index (Phi) is 6.38. The molecule has 3 heterocycles. The van der Waals surface area contributed by atoms with Crippen molar-refractivity contribution in [1.29, 1.82) is 0 Å². The zero-order valence-electron chi connectivity index (χ0n) is 20.7. The van der Waals surface area contributed by atoms with Crippen LogP contribution in [0.4, 0.5) is 11.5 Å². The van der Waals surface area contributed by atoms with E-state index >= 15 is 0 Å². The summed E-state index contributed by atoms with van der Waals surface area (Å²) in [7, 11) is 0. The Hall–Kier alpha value is -2.09. The van der Waals surface area contributed by atoms with Crippen molar-refractivity contribution in [2.45, 2.75) is 69.7 Å². The highest BCUT2D eigenvalue weighted by Crippen LogP contribution is 2.54. The van der Waals surface area contributed by atoms with Gasteiger partial charge in [0.15, 0.2) is 0 Å². The van der Waals surface area contributed by atoms with Crippen molar-refractivity contribution in [3.05, 3.63) is 47.2 Å². The number of hydrogen-bond acceptors (Lipinski definition) is 6. The third kappa shape index (κ3) is 5.11. The summed E-state index contributed by atoms with van der Waals surface area (Å²) < 4.78 is 8.91. The Morgan fingerprint density at radius 1 is 1.12 bits per heavy atom. The lowest BCUT2D eigenvalue weighted by atomic mass is 9.93. The third-order valence-electron chi connectivity index (χ3n) is 7.41. The van der Waals surface area contributed by atoms with Crippen LogP contribution in [-0.4, -0.2) is 42.7 Å². The Morgan fingerprint density at radius 2 is 1.85 bits per heavy atom. The van der Waals surface area contributed by atoms with E-state index in [9.17, 15) is 4.79 Å². The lowest BCUT2D eigenvalue weighted by Crippen LogP contribution is -2.55. The van der Waals surface area contributed by atoms with Crippen LogP contribution in [0, 0.1) is 12.3 Å². The number of rotatable bonds is 7. The molecular formula is C27H36N4O2S. The summed E-state index contributed by atoms with van der Waals surface area (Å²) in [4.78, 5) is 21.7. The van der Waals surface area contributed by atoms with Gasteiger partial charge in [-0.2, -0.15) is 0 Å². The molecule has 7 heteroatoms. The van der Waals surface area contributed by atoms with E-state index in [1.54, 1.807) is 11.9 Å². The maximum atomic E-state index is 13.5. The topological polar surface area (TPSA) is 66.5 Å². The predicted molar refractivity (Wildman–Crippen MR) is 139 cm³/mol. The zero-order valence-corrected chi connectivity index (χ0v) is 21.6. The van der Waals surface area contributed by atoms with Gasteiger partial charge < -0.3 is 15.0 Å². The van der Waals surface area contributed by atoms with Crippen LogP contribution in [0.1, 0.15) is 74.0 Å². The van der Waals surface area contributed by atoms with Gasteiger partial charge in [0.1, 0.15) is 5.82 Å². The lowest BCUT2D eigenvalue weighted by molar-refractivity contribution is -0.0510. The first-order chi connectivity index (χ1) is 16.2. The summed E-state index contributed by atoms with van der Waals surface area (Å²) in [5.74, 6) is 0.826. The number of aryl methyl sites for hydroxylation is 1. The molecule has 3 fully saturated rings. The molecule has 5 rings (SSSR count). The monoisotopic (exact) mass is 480 g/mol. The highest BCUT2D eigenvalue weighted by Gasteiger charge is 2.44. The maximum Gasteiger partial charge on any atom is 0.258 e. The van der Waals surface area contributed by atoms with Crippen LogP contribution in [0.2, 0.25) is 0 Å². The molecule has 1 aliphatic carbocycles. The number of carbonyl (C=O) groups is 1. The predicted octanol–water partition coefficient (Wildman–Crippen LogP) is 5.53. The number of pyridine rings is 1. The van der Waals surface area contributed by atoms with Crippen molar-refractivity contribution in [2.75, 3.05) is 36.5 Å². The number of aromatic nitrogens is 1. The first-order valence-corrected chi connectivity index (χ1v) is 13.3. The van der Waals surface area contributed by atoms with Gasteiger partial charge in [0.05, 0.1) is 30.0 Å². The van der Waals surface area contributed by atoms with Gasteiger partial charge in [0.25, 0.3) is 5.91 Å².